The minimum Gasteiger partial charge on any atom is -0.494 e. The molecule has 0 radical (unpaired) electrons. The van der Waals surface area contributed by atoms with Crippen LogP contribution in [0.25, 0.3) is 0 Å². The lowest BCUT2D eigenvalue weighted by atomic mass is 9.99. The van der Waals surface area contributed by atoms with Crippen LogP contribution in [0.5, 0.6) is 5.75 Å². The molecule has 3 nitrogen and oxygen atoms in total. The molecule has 0 saturated carbocycles. The highest BCUT2D eigenvalue weighted by Gasteiger charge is 2.13. The van der Waals surface area contributed by atoms with Gasteiger partial charge in [0, 0.05) is 0 Å². The third-order valence-corrected chi connectivity index (χ3v) is 3.11. The van der Waals surface area contributed by atoms with Gasteiger partial charge in [0.15, 0.2) is 11.6 Å². The zero-order valence-corrected chi connectivity index (χ0v) is 11.1. The van der Waals surface area contributed by atoms with Crippen LogP contribution in [-0.4, -0.2) is 7.11 Å². The van der Waals surface area contributed by atoms with E-state index in [2.05, 4.69) is 5.43 Å². The van der Waals surface area contributed by atoms with Crippen LogP contribution in [0.2, 0.25) is 0 Å². The van der Waals surface area contributed by atoms with E-state index in [1.165, 1.54) is 25.3 Å². The molecule has 2 aromatic rings. The van der Waals surface area contributed by atoms with Gasteiger partial charge in [0.1, 0.15) is 5.82 Å². The van der Waals surface area contributed by atoms with E-state index < -0.39 is 5.82 Å². The Morgan fingerprint density at radius 1 is 1.20 bits per heavy atom. The molecule has 0 aliphatic carbocycles. The number of hydrazine groups is 1. The summed E-state index contributed by atoms with van der Waals surface area (Å²) >= 11 is 0. The molecule has 1 atom stereocenters. The number of hydrogen-bond acceptors (Lipinski definition) is 3. The van der Waals surface area contributed by atoms with Crippen LogP contribution in [0.1, 0.15) is 17.2 Å². The number of benzene rings is 2. The normalized spacial score (nSPS) is 12.2. The fourth-order valence-corrected chi connectivity index (χ4v) is 2.07. The fraction of sp³-hybridized carbons (Fsp3) is 0.200. The maximum atomic E-state index is 13.6. The maximum absolute atomic E-state index is 13.6. The van der Waals surface area contributed by atoms with E-state index in [4.69, 9.17) is 10.6 Å². The van der Waals surface area contributed by atoms with E-state index in [-0.39, 0.29) is 17.6 Å². The zero-order chi connectivity index (χ0) is 14.5. The van der Waals surface area contributed by atoms with Crippen molar-refractivity contribution in [3.63, 3.8) is 0 Å². The van der Waals surface area contributed by atoms with Crippen molar-refractivity contribution in [2.24, 2.45) is 5.84 Å². The van der Waals surface area contributed by atoms with E-state index >= 15 is 0 Å². The second-order valence-corrected chi connectivity index (χ2v) is 4.45. The Morgan fingerprint density at radius 2 is 2.00 bits per heavy atom. The van der Waals surface area contributed by atoms with Crippen LogP contribution in [0, 0.1) is 11.6 Å². The van der Waals surface area contributed by atoms with E-state index in [1.54, 1.807) is 24.3 Å². The third kappa shape index (κ3) is 3.31. The highest BCUT2D eigenvalue weighted by Crippen LogP contribution is 2.22. The predicted octanol–water partition coefficient (Wildman–Crippen LogP) is 2.72. The monoisotopic (exact) mass is 278 g/mol. The third-order valence-electron chi connectivity index (χ3n) is 3.11. The second kappa shape index (κ2) is 6.45. The fourth-order valence-electron chi connectivity index (χ4n) is 2.07. The Kier molecular flexibility index (Phi) is 4.65. The summed E-state index contributed by atoms with van der Waals surface area (Å²) in [5, 5.41) is 0. The SMILES string of the molecule is COc1ccc(CC(NN)c2cccc(F)c2)cc1F. The maximum Gasteiger partial charge on any atom is 0.165 e. The van der Waals surface area contributed by atoms with E-state index in [1.807, 2.05) is 0 Å². The average molecular weight is 278 g/mol. The number of nitrogens with two attached hydrogens (primary N) is 1. The van der Waals surface area contributed by atoms with Crippen LogP contribution in [0.15, 0.2) is 42.5 Å². The topological polar surface area (TPSA) is 47.3 Å². The number of methoxy groups -OCH3 is 1. The number of nitrogens with one attached hydrogen (secondary N) is 1. The van der Waals surface area contributed by atoms with Gasteiger partial charge in [-0.2, -0.15) is 0 Å². The van der Waals surface area contributed by atoms with Gasteiger partial charge >= 0.3 is 0 Å². The van der Waals surface area contributed by atoms with Gasteiger partial charge in [-0.25, -0.2) is 8.78 Å². The van der Waals surface area contributed by atoms with Gasteiger partial charge in [-0.05, 0) is 41.8 Å². The molecule has 0 amide bonds. The molecule has 0 spiro atoms. The molecule has 5 heteroatoms. The van der Waals surface area contributed by atoms with Crippen molar-refractivity contribution in [2.75, 3.05) is 7.11 Å². The van der Waals surface area contributed by atoms with E-state index in [0.29, 0.717) is 12.0 Å². The molecule has 0 aliphatic heterocycles. The van der Waals surface area contributed by atoms with E-state index in [9.17, 15) is 8.78 Å². The minimum absolute atomic E-state index is 0.191. The predicted molar refractivity (Wildman–Crippen MR) is 73.1 cm³/mol. The van der Waals surface area contributed by atoms with Crippen molar-refractivity contribution in [1.82, 2.24) is 5.43 Å². The van der Waals surface area contributed by atoms with Crippen LogP contribution in [-0.2, 0) is 6.42 Å². The summed E-state index contributed by atoms with van der Waals surface area (Å²) in [6.07, 6.45) is 0.445. The summed E-state index contributed by atoms with van der Waals surface area (Å²) in [6.45, 7) is 0. The zero-order valence-electron chi connectivity index (χ0n) is 11.1. The van der Waals surface area contributed by atoms with Gasteiger partial charge in [0.05, 0.1) is 13.2 Å². The molecule has 0 aliphatic rings. The first kappa shape index (κ1) is 14.4. The molecule has 0 fully saturated rings. The Morgan fingerprint density at radius 3 is 2.60 bits per heavy atom. The van der Waals surface area contributed by atoms with Gasteiger partial charge in [-0.1, -0.05) is 18.2 Å². The first-order chi connectivity index (χ1) is 9.63. The van der Waals surface area contributed by atoms with Gasteiger partial charge in [0.25, 0.3) is 0 Å². The van der Waals surface area contributed by atoms with Crippen molar-refractivity contribution in [3.05, 3.63) is 65.2 Å². The molecule has 2 aromatic carbocycles. The summed E-state index contributed by atoms with van der Waals surface area (Å²) in [5.41, 5.74) is 4.08. The van der Waals surface area contributed by atoms with Crippen molar-refractivity contribution < 1.29 is 13.5 Å². The summed E-state index contributed by atoms with van der Waals surface area (Å²) in [6, 6.07) is 10.6. The van der Waals surface area contributed by atoms with Gasteiger partial charge in [-0.3, -0.25) is 11.3 Å². The lowest BCUT2D eigenvalue weighted by molar-refractivity contribution is 0.386. The molecular formula is C15H16F2N2O. The Hall–Kier alpha value is -1.98. The van der Waals surface area contributed by atoms with E-state index in [0.717, 1.165) is 5.56 Å². The van der Waals surface area contributed by atoms with Crippen LogP contribution in [0.3, 0.4) is 0 Å². The molecule has 2 rings (SSSR count). The quantitative estimate of drug-likeness (QED) is 0.653. The molecule has 3 N–H and O–H groups in total. The van der Waals surface area contributed by atoms with Crippen molar-refractivity contribution in [3.8, 4) is 5.75 Å². The van der Waals surface area contributed by atoms with Gasteiger partial charge in [-0.15, -0.1) is 0 Å². The molecule has 106 valence electrons. The Bertz CT molecular complexity index is 590. The molecule has 0 aromatic heterocycles. The smallest absolute Gasteiger partial charge is 0.165 e. The number of ether oxygens (including phenoxy) is 1. The molecule has 0 heterocycles. The summed E-state index contributed by atoms with van der Waals surface area (Å²) in [7, 11) is 1.41. The number of hydrogen-bond donors (Lipinski definition) is 2. The molecule has 20 heavy (non-hydrogen) atoms. The Balaban J connectivity index is 2.20. The minimum atomic E-state index is -0.431. The summed E-state index contributed by atoms with van der Waals surface area (Å²) in [5.74, 6) is 4.94. The lowest BCUT2D eigenvalue weighted by Gasteiger charge is -2.17. The first-order valence-corrected chi connectivity index (χ1v) is 6.18. The van der Waals surface area contributed by atoms with Crippen LogP contribution >= 0.6 is 0 Å². The van der Waals surface area contributed by atoms with Crippen LogP contribution < -0.4 is 16.0 Å². The highest BCUT2D eigenvalue weighted by molar-refractivity contribution is 5.31. The Labute approximate surface area is 116 Å². The van der Waals surface area contributed by atoms with Crippen molar-refractivity contribution in [2.45, 2.75) is 12.5 Å². The molecule has 0 bridgehead atoms. The largest absolute Gasteiger partial charge is 0.494 e. The first-order valence-electron chi connectivity index (χ1n) is 6.18. The second-order valence-electron chi connectivity index (χ2n) is 4.45. The van der Waals surface area contributed by atoms with Gasteiger partial charge in [0.2, 0.25) is 0 Å². The van der Waals surface area contributed by atoms with Crippen LogP contribution in [0.4, 0.5) is 8.78 Å². The molecule has 1 unspecified atom stereocenters. The van der Waals surface area contributed by atoms with Crippen molar-refractivity contribution >= 4 is 0 Å². The molecular weight excluding hydrogens is 262 g/mol. The molecule has 0 saturated heterocycles. The lowest BCUT2D eigenvalue weighted by Crippen LogP contribution is -2.29. The van der Waals surface area contributed by atoms with Gasteiger partial charge < -0.3 is 4.74 Å². The highest BCUT2D eigenvalue weighted by atomic mass is 19.1. The summed E-state index contributed by atoms with van der Waals surface area (Å²) in [4.78, 5) is 0. The number of rotatable bonds is 5. The number of halogens is 2. The summed E-state index contributed by atoms with van der Waals surface area (Å²) < 4.78 is 31.7. The average Bonchev–Trinajstić information content (AvgIpc) is 2.45. The van der Waals surface area contributed by atoms with Crippen molar-refractivity contribution in [1.29, 1.82) is 0 Å². The standard InChI is InChI=1S/C15H16F2N2O/c1-20-15-6-5-10(7-13(15)17)8-14(19-18)11-3-2-4-12(16)9-11/h2-7,9,14,19H,8,18H2,1H3.